The van der Waals surface area contributed by atoms with Crippen molar-refractivity contribution in [1.82, 2.24) is 14.9 Å². The number of aromatic nitrogens is 2. The van der Waals surface area contributed by atoms with E-state index in [-0.39, 0.29) is 6.09 Å². The van der Waals surface area contributed by atoms with Gasteiger partial charge in [-0.15, -0.1) is 0 Å². The van der Waals surface area contributed by atoms with Crippen LogP contribution in [-0.2, 0) is 11.2 Å². The molecule has 0 bridgehead atoms. The Labute approximate surface area is 123 Å². The quantitative estimate of drug-likeness (QED) is 0.780. The van der Waals surface area contributed by atoms with Crippen molar-refractivity contribution >= 4 is 23.5 Å². The fraction of sp³-hybridized carbons (Fsp3) is 0.615. The van der Waals surface area contributed by atoms with Crippen LogP contribution in [0.2, 0.25) is 5.15 Å². The van der Waals surface area contributed by atoms with Gasteiger partial charge < -0.3 is 14.5 Å². The highest BCUT2D eigenvalue weighted by atomic mass is 35.5. The molecule has 7 heteroatoms. The van der Waals surface area contributed by atoms with Crippen LogP contribution in [0.1, 0.15) is 18.3 Å². The number of rotatable bonds is 2. The molecule has 0 unspecified atom stereocenters. The van der Waals surface area contributed by atoms with Crippen molar-refractivity contribution in [3.05, 3.63) is 16.5 Å². The average Bonchev–Trinajstić information content (AvgIpc) is 2.46. The van der Waals surface area contributed by atoms with Crippen molar-refractivity contribution in [2.24, 2.45) is 0 Å². The topological polar surface area (TPSA) is 58.6 Å². The summed E-state index contributed by atoms with van der Waals surface area (Å²) in [5.41, 5.74) is 0.962. The molecule has 0 aliphatic carbocycles. The highest BCUT2D eigenvalue weighted by molar-refractivity contribution is 6.30. The Balaban J connectivity index is 2.16. The van der Waals surface area contributed by atoms with Crippen LogP contribution in [0.4, 0.5) is 10.6 Å². The molecule has 1 amide bonds. The molecule has 0 aromatic carbocycles. The van der Waals surface area contributed by atoms with Gasteiger partial charge >= 0.3 is 6.09 Å². The van der Waals surface area contributed by atoms with Crippen LogP contribution in [0.15, 0.2) is 0 Å². The molecule has 20 heavy (non-hydrogen) atoms. The van der Waals surface area contributed by atoms with Crippen molar-refractivity contribution in [3.63, 3.8) is 0 Å². The number of anilines is 1. The minimum Gasteiger partial charge on any atom is -0.453 e. The van der Waals surface area contributed by atoms with Gasteiger partial charge in [-0.25, -0.2) is 14.8 Å². The summed E-state index contributed by atoms with van der Waals surface area (Å²) in [7, 11) is 1.40. The molecule has 110 valence electrons. The highest BCUT2D eigenvalue weighted by Gasteiger charge is 2.24. The van der Waals surface area contributed by atoms with Crippen molar-refractivity contribution in [2.75, 3.05) is 38.2 Å². The van der Waals surface area contributed by atoms with E-state index in [0.717, 1.165) is 30.9 Å². The zero-order chi connectivity index (χ0) is 14.7. The van der Waals surface area contributed by atoms with Crippen molar-refractivity contribution in [3.8, 4) is 0 Å². The first kappa shape index (κ1) is 14.8. The van der Waals surface area contributed by atoms with Gasteiger partial charge in [-0.05, 0) is 13.3 Å². The number of hydrogen-bond donors (Lipinski definition) is 0. The molecule has 0 spiro atoms. The zero-order valence-electron chi connectivity index (χ0n) is 12.0. The number of ether oxygens (including phenoxy) is 1. The maximum atomic E-state index is 11.5. The number of halogens is 1. The van der Waals surface area contributed by atoms with E-state index < -0.39 is 0 Å². The van der Waals surface area contributed by atoms with Crippen LogP contribution >= 0.6 is 11.6 Å². The van der Waals surface area contributed by atoms with Gasteiger partial charge in [0, 0.05) is 31.7 Å². The number of aryl methyl sites for hydroxylation is 1. The van der Waals surface area contributed by atoms with Gasteiger partial charge in [0.25, 0.3) is 0 Å². The van der Waals surface area contributed by atoms with Crippen LogP contribution in [0.25, 0.3) is 0 Å². The van der Waals surface area contributed by atoms with E-state index in [4.69, 9.17) is 16.3 Å². The summed E-state index contributed by atoms with van der Waals surface area (Å²) in [6, 6.07) is 0. The summed E-state index contributed by atoms with van der Waals surface area (Å²) in [6.45, 7) is 6.55. The van der Waals surface area contributed by atoms with Crippen LogP contribution in [0.3, 0.4) is 0 Å². The fourth-order valence-corrected chi connectivity index (χ4v) is 2.68. The van der Waals surface area contributed by atoms with Gasteiger partial charge in [0.2, 0.25) is 0 Å². The second-order valence-electron chi connectivity index (χ2n) is 4.66. The molecule has 1 aromatic heterocycles. The lowest BCUT2D eigenvalue weighted by atomic mass is 10.2. The SMILES string of the molecule is CCc1c(Cl)nc(C)nc1N1CCN(C(=O)OC)CC1. The molecule has 1 fully saturated rings. The largest absolute Gasteiger partial charge is 0.453 e. The number of hydrogen-bond acceptors (Lipinski definition) is 5. The summed E-state index contributed by atoms with van der Waals surface area (Å²) >= 11 is 6.19. The van der Waals surface area contributed by atoms with Crippen LogP contribution in [0, 0.1) is 6.92 Å². The van der Waals surface area contributed by atoms with Crippen LogP contribution in [-0.4, -0.2) is 54.2 Å². The average molecular weight is 299 g/mol. The molecule has 2 rings (SSSR count). The van der Waals surface area contributed by atoms with E-state index in [2.05, 4.69) is 14.9 Å². The van der Waals surface area contributed by atoms with Crippen molar-refractivity contribution < 1.29 is 9.53 Å². The Morgan fingerprint density at radius 2 is 1.95 bits per heavy atom. The zero-order valence-corrected chi connectivity index (χ0v) is 12.8. The number of carbonyl (C=O) groups is 1. The van der Waals surface area contributed by atoms with Crippen LogP contribution in [0.5, 0.6) is 0 Å². The molecular weight excluding hydrogens is 280 g/mol. The van der Waals surface area contributed by atoms with Gasteiger partial charge in [-0.2, -0.15) is 0 Å². The van der Waals surface area contributed by atoms with Gasteiger partial charge in [-0.3, -0.25) is 0 Å². The molecule has 0 N–H and O–H groups in total. The first-order valence-corrected chi connectivity index (χ1v) is 7.05. The lowest BCUT2D eigenvalue weighted by molar-refractivity contribution is 0.121. The number of amides is 1. The third kappa shape index (κ3) is 2.95. The molecule has 1 aliphatic heterocycles. The Morgan fingerprint density at radius 1 is 1.30 bits per heavy atom. The monoisotopic (exact) mass is 298 g/mol. The third-order valence-corrected chi connectivity index (χ3v) is 3.72. The minimum absolute atomic E-state index is 0.280. The molecule has 0 atom stereocenters. The van der Waals surface area contributed by atoms with E-state index in [9.17, 15) is 4.79 Å². The Kier molecular flexibility index (Phi) is 4.65. The summed E-state index contributed by atoms with van der Waals surface area (Å²) in [6.07, 6.45) is 0.503. The molecule has 1 aromatic rings. The van der Waals surface area contributed by atoms with Gasteiger partial charge in [0.15, 0.2) is 0 Å². The van der Waals surface area contributed by atoms with E-state index in [1.807, 2.05) is 13.8 Å². The number of carbonyl (C=O) groups excluding carboxylic acids is 1. The van der Waals surface area contributed by atoms with E-state index in [1.165, 1.54) is 7.11 Å². The van der Waals surface area contributed by atoms with Crippen molar-refractivity contribution in [2.45, 2.75) is 20.3 Å². The molecular formula is C13H19ClN4O2. The fourth-order valence-electron chi connectivity index (χ4n) is 2.34. The van der Waals surface area contributed by atoms with Gasteiger partial charge in [-0.1, -0.05) is 18.5 Å². The second kappa shape index (κ2) is 6.26. The number of nitrogens with zero attached hydrogens (tertiary/aromatic N) is 4. The minimum atomic E-state index is -0.280. The smallest absolute Gasteiger partial charge is 0.409 e. The van der Waals surface area contributed by atoms with Crippen LogP contribution < -0.4 is 4.90 Å². The molecule has 1 saturated heterocycles. The molecule has 0 saturated carbocycles. The van der Waals surface area contributed by atoms with Gasteiger partial charge in [0.05, 0.1) is 7.11 Å². The molecule has 6 nitrogen and oxygen atoms in total. The molecule has 2 heterocycles. The Hall–Kier alpha value is -1.56. The summed E-state index contributed by atoms with van der Waals surface area (Å²) in [5.74, 6) is 1.55. The number of piperazine rings is 1. The second-order valence-corrected chi connectivity index (χ2v) is 5.02. The number of methoxy groups -OCH3 is 1. The summed E-state index contributed by atoms with van der Waals surface area (Å²) < 4.78 is 4.74. The first-order valence-electron chi connectivity index (χ1n) is 6.67. The predicted octanol–water partition coefficient (Wildman–Crippen LogP) is 1.89. The summed E-state index contributed by atoms with van der Waals surface area (Å²) in [4.78, 5) is 24.0. The Bertz CT molecular complexity index is 501. The van der Waals surface area contributed by atoms with Gasteiger partial charge in [0.1, 0.15) is 16.8 Å². The summed E-state index contributed by atoms with van der Waals surface area (Å²) in [5, 5.41) is 0.519. The highest BCUT2D eigenvalue weighted by Crippen LogP contribution is 2.25. The van der Waals surface area contributed by atoms with E-state index in [0.29, 0.717) is 24.1 Å². The third-order valence-electron chi connectivity index (χ3n) is 3.41. The van der Waals surface area contributed by atoms with Crippen molar-refractivity contribution in [1.29, 1.82) is 0 Å². The maximum absolute atomic E-state index is 11.5. The Morgan fingerprint density at radius 3 is 2.50 bits per heavy atom. The normalized spacial score (nSPS) is 15.4. The maximum Gasteiger partial charge on any atom is 0.409 e. The first-order chi connectivity index (χ1) is 9.56. The van der Waals surface area contributed by atoms with E-state index in [1.54, 1.807) is 4.90 Å². The molecule has 1 aliphatic rings. The lowest BCUT2D eigenvalue weighted by Gasteiger charge is -2.35. The standard InChI is InChI=1S/C13H19ClN4O2/c1-4-10-11(14)15-9(2)16-12(10)17-5-7-18(8-6-17)13(19)20-3/h4-8H2,1-3H3. The predicted molar refractivity (Wildman–Crippen MR) is 77.3 cm³/mol. The molecule has 0 radical (unpaired) electrons. The van der Waals surface area contributed by atoms with E-state index >= 15 is 0 Å². The lowest BCUT2D eigenvalue weighted by Crippen LogP contribution is -2.49.